The summed E-state index contributed by atoms with van der Waals surface area (Å²) in [4.78, 5) is 30.5. The summed E-state index contributed by atoms with van der Waals surface area (Å²) in [6, 6.07) is 18.8. The van der Waals surface area contributed by atoms with Crippen LogP contribution in [0.2, 0.25) is 0 Å². The van der Waals surface area contributed by atoms with Gasteiger partial charge in [0.2, 0.25) is 0 Å². The van der Waals surface area contributed by atoms with Gasteiger partial charge in [-0.05, 0) is 62.7 Å². The zero-order valence-corrected chi connectivity index (χ0v) is 16.3. The average molecular weight is 373 g/mol. The van der Waals surface area contributed by atoms with Crippen LogP contribution in [0.15, 0.2) is 66.9 Å². The summed E-state index contributed by atoms with van der Waals surface area (Å²) in [5.41, 5.74) is 4.57. The van der Waals surface area contributed by atoms with Crippen LogP contribution >= 0.6 is 0 Å². The Morgan fingerprint density at radius 2 is 1.75 bits per heavy atom. The number of carbonyl (C=O) groups is 2. The van der Waals surface area contributed by atoms with Crippen LogP contribution in [0.5, 0.6) is 0 Å². The molecule has 1 aromatic heterocycles. The number of anilines is 3. The standard InChI is InChI=1S/C23H23N3O2/c1-4-26(20-10-5-7-16(2)13-20)21-11-12-24-22(15-21)23(28)25-19-9-6-8-18(14-19)17(3)27/h5-15H,4H2,1-3H3,(H,25,28). The molecule has 0 aliphatic carbocycles. The summed E-state index contributed by atoms with van der Waals surface area (Å²) in [7, 11) is 0. The van der Waals surface area contributed by atoms with Gasteiger partial charge in [-0.2, -0.15) is 0 Å². The highest BCUT2D eigenvalue weighted by Gasteiger charge is 2.13. The highest BCUT2D eigenvalue weighted by Crippen LogP contribution is 2.26. The van der Waals surface area contributed by atoms with Gasteiger partial charge in [-0.15, -0.1) is 0 Å². The number of hydrogen-bond acceptors (Lipinski definition) is 4. The van der Waals surface area contributed by atoms with Gasteiger partial charge in [-0.1, -0.05) is 24.3 Å². The molecule has 0 unspecified atom stereocenters. The maximum Gasteiger partial charge on any atom is 0.274 e. The third kappa shape index (κ3) is 4.43. The number of nitrogens with zero attached hydrogens (tertiary/aromatic N) is 2. The van der Waals surface area contributed by atoms with E-state index in [1.165, 1.54) is 12.5 Å². The molecule has 1 heterocycles. The highest BCUT2D eigenvalue weighted by atomic mass is 16.2. The fraction of sp³-hybridized carbons (Fsp3) is 0.174. The second kappa shape index (κ2) is 8.48. The lowest BCUT2D eigenvalue weighted by Gasteiger charge is -2.24. The van der Waals surface area contributed by atoms with Crippen molar-refractivity contribution >= 4 is 28.8 Å². The Kier molecular flexibility index (Phi) is 5.84. The number of aromatic nitrogens is 1. The van der Waals surface area contributed by atoms with Crippen molar-refractivity contribution in [2.75, 3.05) is 16.8 Å². The lowest BCUT2D eigenvalue weighted by Crippen LogP contribution is -2.18. The van der Waals surface area contributed by atoms with Gasteiger partial charge in [0.15, 0.2) is 5.78 Å². The number of carbonyl (C=O) groups excluding carboxylic acids is 2. The van der Waals surface area contributed by atoms with E-state index in [1.54, 1.807) is 36.5 Å². The summed E-state index contributed by atoms with van der Waals surface area (Å²) >= 11 is 0. The van der Waals surface area contributed by atoms with E-state index in [4.69, 9.17) is 0 Å². The van der Waals surface area contributed by atoms with E-state index >= 15 is 0 Å². The molecule has 5 heteroatoms. The quantitative estimate of drug-likeness (QED) is 0.618. The van der Waals surface area contributed by atoms with Crippen LogP contribution in [0.1, 0.15) is 40.3 Å². The Labute approximate surface area is 165 Å². The first-order chi connectivity index (χ1) is 13.5. The maximum absolute atomic E-state index is 12.7. The molecule has 142 valence electrons. The monoisotopic (exact) mass is 373 g/mol. The van der Waals surface area contributed by atoms with Crippen LogP contribution in [-0.2, 0) is 0 Å². The molecule has 0 saturated heterocycles. The Morgan fingerprint density at radius 1 is 1.00 bits per heavy atom. The van der Waals surface area contributed by atoms with E-state index in [0.717, 1.165) is 17.9 Å². The Morgan fingerprint density at radius 3 is 2.46 bits per heavy atom. The van der Waals surface area contributed by atoms with Crippen LogP contribution in [0.4, 0.5) is 17.1 Å². The number of Topliss-reactive ketones (excluding diaryl/α,β-unsaturated/α-hetero) is 1. The van der Waals surface area contributed by atoms with E-state index in [-0.39, 0.29) is 11.7 Å². The predicted molar refractivity (Wildman–Crippen MR) is 112 cm³/mol. The largest absolute Gasteiger partial charge is 0.342 e. The molecule has 0 atom stereocenters. The fourth-order valence-electron chi connectivity index (χ4n) is 3.03. The minimum atomic E-state index is -0.317. The van der Waals surface area contributed by atoms with Gasteiger partial charge >= 0.3 is 0 Å². The van der Waals surface area contributed by atoms with Crippen molar-refractivity contribution in [1.29, 1.82) is 0 Å². The average Bonchev–Trinajstić information content (AvgIpc) is 2.69. The van der Waals surface area contributed by atoms with E-state index in [2.05, 4.69) is 41.2 Å². The fourth-order valence-corrected chi connectivity index (χ4v) is 3.03. The molecule has 0 spiro atoms. The Hall–Kier alpha value is -3.47. The van der Waals surface area contributed by atoms with Gasteiger partial charge in [-0.25, -0.2) is 0 Å². The van der Waals surface area contributed by atoms with Gasteiger partial charge in [0.25, 0.3) is 5.91 Å². The molecule has 1 N–H and O–H groups in total. The van der Waals surface area contributed by atoms with E-state index in [9.17, 15) is 9.59 Å². The summed E-state index contributed by atoms with van der Waals surface area (Å²) in [5.74, 6) is -0.365. The molecule has 5 nitrogen and oxygen atoms in total. The Balaban J connectivity index is 1.85. The molecule has 0 radical (unpaired) electrons. The van der Waals surface area contributed by atoms with Crippen molar-refractivity contribution in [3.05, 3.63) is 83.7 Å². The normalized spacial score (nSPS) is 10.4. The first kappa shape index (κ1) is 19.3. The van der Waals surface area contributed by atoms with Crippen LogP contribution in [0.25, 0.3) is 0 Å². The summed E-state index contributed by atoms with van der Waals surface area (Å²) in [6.45, 7) is 6.37. The van der Waals surface area contributed by atoms with E-state index in [1.807, 2.05) is 18.2 Å². The molecule has 0 bridgehead atoms. The van der Waals surface area contributed by atoms with Gasteiger partial charge in [-0.3, -0.25) is 14.6 Å². The zero-order chi connectivity index (χ0) is 20.1. The van der Waals surface area contributed by atoms with Crippen molar-refractivity contribution in [1.82, 2.24) is 4.98 Å². The van der Waals surface area contributed by atoms with Crippen molar-refractivity contribution < 1.29 is 9.59 Å². The second-order valence-corrected chi connectivity index (χ2v) is 6.57. The molecule has 3 rings (SSSR count). The molecule has 2 aromatic carbocycles. The lowest BCUT2D eigenvalue weighted by molar-refractivity contribution is 0.100. The molecule has 3 aromatic rings. The van der Waals surface area contributed by atoms with Crippen molar-refractivity contribution in [2.24, 2.45) is 0 Å². The first-order valence-corrected chi connectivity index (χ1v) is 9.20. The van der Waals surface area contributed by atoms with Crippen LogP contribution < -0.4 is 10.2 Å². The van der Waals surface area contributed by atoms with E-state index in [0.29, 0.717) is 16.9 Å². The molecular formula is C23H23N3O2. The number of aryl methyl sites for hydroxylation is 1. The number of benzene rings is 2. The maximum atomic E-state index is 12.7. The van der Waals surface area contributed by atoms with Crippen LogP contribution in [0, 0.1) is 6.92 Å². The second-order valence-electron chi connectivity index (χ2n) is 6.57. The summed E-state index contributed by atoms with van der Waals surface area (Å²) in [5, 5.41) is 2.81. The van der Waals surface area contributed by atoms with Crippen molar-refractivity contribution in [3.63, 3.8) is 0 Å². The number of nitrogens with one attached hydrogen (secondary N) is 1. The van der Waals surface area contributed by atoms with Gasteiger partial charge in [0.1, 0.15) is 5.69 Å². The number of ketones is 1. The first-order valence-electron chi connectivity index (χ1n) is 9.20. The summed E-state index contributed by atoms with van der Waals surface area (Å²) in [6.07, 6.45) is 1.63. The number of hydrogen-bond donors (Lipinski definition) is 1. The third-order valence-electron chi connectivity index (χ3n) is 4.44. The van der Waals surface area contributed by atoms with Gasteiger partial charge in [0, 0.05) is 35.4 Å². The Bertz CT molecular complexity index is 1010. The molecule has 1 amide bonds. The van der Waals surface area contributed by atoms with E-state index < -0.39 is 0 Å². The van der Waals surface area contributed by atoms with Crippen molar-refractivity contribution in [3.8, 4) is 0 Å². The third-order valence-corrected chi connectivity index (χ3v) is 4.44. The van der Waals surface area contributed by atoms with Crippen LogP contribution in [0.3, 0.4) is 0 Å². The number of rotatable bonds is 6. The molecule has 0 aliphatic heterocycles. The highest BCUT2D eigenvalue weighted by molar-refractivity contribution is 6.04. The molecule has 28 heavy (non-hydrogen) atoms. The smallest absolute Gasteiger partial charge is 0.274 e. The van der Waals surface area contributed by atoms with Crippen LogP contribution in [-0.4, -0.2) is 23.2 Å². The summed E-state index contributed by atoms with van der Waals surface area (Å²) < 4.78 is 0. The minimum absolute atomic E-state index is 0.0482. The van der Waals surface area contributed by atoms with Crippen molar-refractivity contribution in [2.45, 2.75) is 20.8 Å². The molecule has 0 saturated carbocycles. The number of amides is 1. The minimum Gasteiger partial charge on any atom is -0.342 e. The number of pyridine rings is 1. The lowest BCUT2D eigenvalue weighted by atomic mass is 10.1. The van der Waals surface area contributed by atoms with Gasteiger partial charge in [0.05, 0.1) is 0 Å². The zero-order valence-electron chi connectivity index (χ0n) is 16.3. The molecule has 0 fully saturated rings. The topological polar surface area (TPSA) is 62.3 Å². The molecular weight excluding hydrogens is 350 g/mol. The SMILES string of the molecule is CCN(c1cccc(C)c1)c1ccnc(C(=O)Nc2cccc(C(C)=O)c2)c1. The predicted octanol–water partition coefficient (Wildman–Crippen LogP) is 5.00. The molecule has 0 aliphatic rings. The van der Waals surface area contributed by atoms with Gasteiger partial charge < -0.3 is 10.2 Å².